The molecule has 1 aromatic carbocycles. The Hall–Kier alpha value is -0.820. The number of hydrogen-bond donors (Lipinski definition) is 1. The van der Waals surface area contributed by atoms with E-state index in [-0.39, 0.29) is 5.41 Å². The Morgan fingerprint density at radius 1 is 1.21 bits per heavy atom. The third kappa shape index (κ3) is 1.57. The third-order valence-electron chi connectivity index (χ3n) is 3.71. The highest BCUT2D eigenvalue weighted by Crippen LogP contribution is 2.37. The van der Waals surface area contributed by atoms with Crippen molar-refractivity contribution in [2.45, 2.75) is 44.1 Å². The highest BCUT2D eigenvalue weighted by Gasteiger charge is 2.35. The molecule has 1 aliphatic carbocycles. The Morgan fingerprint density at radius 3 is 2.57 bits per heavy atom. The van der Waals surface area contributed by atoms with Crippen molar-refractivity contribution in [1.29, 1.82) is 0 Å². The van der Waals surface area contributed by atoms with E-state index in [1.165, 1.54) is 31.2 Å². The van der Waals surface area contributed by atoms with E-state index < -0.39 is 0 Å². The van der Waals surface area contributed by atoms with Gasteiger partial charge in [-0.05, 0) is 18.4 Å². The molecule has 1 aromatic rings. The zero-order chi connectivity index (χ0) is 10.0. The van der Waals surface area contributed by atoms with Crippen molar-refractivity contribution in [2.24, 2.45) is 5.73 Å². The molecule has 1 aliphatic rings. The molecule has 2 N–H and O–H groups in total. The quantitative estimate of drug-likeness (QED) is 0.722. The molecule has 76 valence electrons. The summed E-state index contributed by atoms with van der Waals surface area (Å²) in [6.07, 6.45) is 5.02. The molecule has 0 radical (unpaired) electrons. The van der Waals surface area contributed by atoms with Crippen LogP contribution in [0, 0.1) is 0 Å². The Morgan fingerprint density at radius 2 is 1.93 bits per heavy atom. The maximum atomic E-state index is 6.25. The normalized spacial score (nSPS) is 32.9. The molecule has 0 bridgehead atoms. The fourth-order valence-corrected chi connectivity index (χ4v) is 2.54. The predicted molar refractivity (Wildman–Crippen MR) is 60.2 cm³/mol. The molecule has 1 fully saturated rings. The largest absolute Gasteiger partial charge is 0.327 e. The molecule has 2 unspecified atom stereocenters. The lowest BCUT2D eigenvalue weighted by atomic mass is 9.68. The second-order valence-corrected chi connectivity index (χ2v) is 4.64. The van der Waals surface area contributed by atoms with Crippen LogP contribution in [0.1, 0.15) is 38.2 Å². The lowest BCUT2D eigenvalue weighted by Crippen LogP contribution is -2.45. The lowest BCUT2D eigenvalue weighted by molar-refractivity contribution is 0.272. The average molecular weight is 189 g/mol. The van der Waals surface area contributed by atoms with Crippen LogP contribution in [0.2, 0.25) is 0 Å². The van der Waals surface area contributed by atoms with Gasteiger partial charge in [0.1, 0.15) is 0 Å². The Labute approximate surface area is 86.3 Å². The third-order valence-corrected chi connectivity index (χ3v) is 3.71. The molecule has 0 heterocycles. The summed E-state index contributed by atoms with van der Waals surface area (Å²) in [6, 6.07) is 11.1. The second kappa shape index (κ2) is 3.74. The van der Waals surface area contributed by atoms with E-state index in [1.807, 2.05) is 0 Å². The van der Waals surface area contributed by atoms with Gasteiger partial charge >= 0.3 is 0 Å². The molecule has 2 atom stereocenters. The van der Waals surface area contributed by atoms with Gasteiger partial charge in [-0.3, -0.25) is 0 Å². The maximum absolute atomic E-state index is 6.25. The van der Waals surface area contributed by atoms with Crippen LogP contribution < -0.4 is 5.73 Å². The van der Waals surface area contributed by atoms with Crippen LogP contribution in [0.3, 0.4) is 0 Å². The van der Waals surface area contributed by atoms with Crippen molar-refractivity contribution < 1.29 is 0 Å². The van der Waals surface area contributed by atoms with Crippen LogP contribution in [0.4, 0.5) is 0 Å². The van der Waals surface area contributed by atoms with Gasteiger partial charge in [-0.15, -0.1) is 0 Å². The molecular formula is C13H19N. The summed E-state index contributed by atoms with van der Waals surface area (Å²) in [7, 11) is 0. The zero-order valence-electron chi connectivity index (χ0n) is 8.87. The van der Waals surface area contributed by atoms with Gasteiger partial charge in [-0.25, -0.2) is 0 Å². The van der Waals surface area contributed by atoms with Gasteiger partial charge in [0, 0.05) is 11.5 Å². The van der Waals surface area contributed by atoms with E-state index in [2.05, 4.69) is 37.3 Å². The number of hydrogen-bond acceptors (Lipinski definition) is 1. The first-order valence-electron chi connectivity index (χ1n) is 5.54. The van der Waals surface area contributed by atoms with Crippen LogP contribution in [0.25, 0.3) is 0 Å². The van der Waals surface area contributed by atoms with E-state index in [4.69, 9.17) is 5.73 Å². The Kier molecular flexibility index (Phi) is 2.60. The number of nitrogens with two attached hydrogens (primary N) is 1. The predicted octanol–water partition coefficient (Wildman–Crippen LogP) is 2.85. The van der Waals surface area contributed by atoms with Crippen LogP contribution in [0.15, 0.2) is 30.3 Å². The Bertz CT molecular complexity index is 293. The average Bonchev–Trinajstić information content (AvgIpc) is 2.24. The molecule has 1 saturated carbocycles. The van der Waals surface area contributed by atoms with Crippen LogP contribution >= 0.6 is 0 Å². The molecule has 0 aromatic heterocycles. The van der Waals surface area contributed by atoms with E-state index >= 15 is 0 Å². The summed E-state index contributed by atoms with van der Waals surface area (Å²) in [5.41, 5.74) is 7.86. The minimum absolute atomic E-state index is 0.208. The van der Waals surface area contributed by atoms with E-state index in [0.29, 0.717) is 6.04 Å². The first-order chi connectivity index (χ1) is 6.73. The topological polar surface area (TPSA) is 26.0 Å². The molecule has 1 nitrogen and oxygen atoms in total. The summed E-state index contributed by atoms with van der Waals surface area (Å²) in [5, 5.41) is 0. The molecule has 0 spiro atoms. The van der Waals surface area contributed by atoms with Crippen molar-refractivity contribution in [1.82, 2.24) is 0 Å². The monoisotopic (exact) mass is 189 g/mol. The fourth-order valence-electron chi connectivity index (χ4n) is 2.54. The lowest BCUT2D eigenvalue weighted by Gasteiger charge is -2.40. The standard InChI is InChI=1S/C13H19N/c1-13(10-6-5-9-12(13)14)11-7-3-2-4-8-11/h2-4,7-8,12H,5-6,9-10,14H2,1H3. The molecule has 0 saturated heterocycles. The summed E-state index contributed by atoms with van der Waals surface area (Å²) in [5.74, 6) is 0. The van der Waals surface area contributed by atoms with Gasteiger partial charge in [-0.2, -0.15) is 0 Å². The Balaban J connectivity index is 2.30. The van der Waals surface area contributed by atoms with Gasteiger partial charge in [-0.1, -0.05) is 50.1 Å². The highest BCUT2D eigenvalue weighted by molar-refractivity contribution is 5.27. The van der Waals surface area contributed by atoms with Gasteiger partial charge < -0.3 is 5.73 Å². The SMILES string of the molecule is CC1(c2ccccc2)CCCCC1N. The minimum atomic E-state index is 0.208. The molecular weight excluding hydrogens is 170 g/mol. The van der Waals surface area contributed by atoms with Crippen LogP contribution in [-0.2, 0) is 5.41 Å². The first kappa shape index (κ1) is 9.72. The van der Waals surface area contributed by atoms with Crippen molar-refractivity contribution in [2.75, 3.05) is 0 Å². The maximum Gasteiger partial charge on any atom is 0.0134 e. The van der Waals surface area contributed by atoms with Gasteiger partial charge in [0.25, 0.3) is 0 Å². The number of benzene rings is 1. The van der Waals surface area contributed by atoms with E-state index in [0.717, 1.165) is 0 Å². The zero-order valence-corrected chi connectivity index (χ0v) is 8.87. The number of rotatable bonds is 1. The fraction of sp³-hybridized carbons (Fsp3) is 0.538. The molecule has 1 heteroatoms. The summed E-state index contributed by atoms with van der Waals surface area (Å²) >= 11 is 0. The van der Waals surface area contributed by atoms with Gasteiger partial charge in [0.2, 0.25) is 0 Å². The first-order valence-corrected chi connectivity index (χ1v) is 5.54. The van der Waals surface area contributed by atoms with Crippen molar-refractivity contribution >= 4 is 0 Å². The minimum Gasteiger partial charge on any atom is -0.327 e. The summed E-state index contributed by atoms with van der Waals surface area (Å²) < 4.78 is 0. The molecule has 0 aliphatic heterocycles. The van der Waals surface area contributed by atoms with Crippen LogP contribution in [-0.4, -0.2) is 6.04 Å². The van der Waals surface area contributed by atoms with E-state index in [1.54, 1.807) is 0 Å². The second-order valence-electron chi connectivity index (χ2n) is 4.64. The van der Waals surface area contributed by atoms with Crippen molar-refractivity contribution in [3.8, 4) is 0 Å². The summed E-state index contributed by atoms with van der Waals surface area (Å²) in [6.45, 7) is 2.31. The van der Waals surface area contributed by atoms with Crippen molar-refractivity contribution in [3.05, 3.63) is 35.9 Å². The van der Waals surface area contributed by atoms with Crippen LogP contribution in [0.5, 0.6) is 0 Å². The van der Waals surface area contributed by atoms with Gasteiger partial charge in [0.05, 0.1) is 0 Å². The smallest absolute Gasteiger partial charge is 0.0134 e. The molecule has 2 rings (SSSR count). The molecule has 0 amide bonds. The summed E-state index contributed by atoms with van der Waals surface area (Å²) in [4.78, 5) is 0. The highest BCUT2D eigenvalue weighted by atomic mass is 14.7. The van der Waals surface area contributed by atoms with E-state index in [9.17, 15) is 0 Å². The van der Waals surface area contributed by atoms with Gasteiger partial charge in [0.15, 0.2) is 0 Å². The molecule has 14 heavy (non-hydrogen) atoms. The van der Waals surface area contributed by atoms with Crippen molar-refractivity contribution in [3.63, 3.8) is 0 Å².